The Kier molecular flexibility index (Phi) is 3.27. The van der Waals surface area contributed by atoms with Gasteiger partial charge in [-0.3, -0.25) is 14.4 Å². The number of carbonyl (C=O) groups is 3. The zero-order valence-corrected chi connectivity index (χ0v) is 9.42. The molecule has 0 aromatic heterocycles. The number of carbonyl (C=O) groups excluding carboxylic acids is 2. The van der Waals surface area contributed by atoms with E-state index in [0.717, 1.165) is 0 Å². The van der Waals surface area contributed by atoms with Crippen LogP contribution in [0.2, 0.25) is 0 Å². The molecule has 1 fully saturated rings. The molecule has 2 amide bonds. The maximum atomic E-state index is 11.9. The zero-order chi connectivity index (χ0) is 13.1. The Morgan fingerprint density at radius 3 is 2.44 bits per heavy atom. The van der Waals surface area contributed by atoms with Gasteiger partial charge in [0.1, 0.15) is 6.04 Å². The van der Waals surface area contributed by atoms with Gasteiger partial charge in [-0.15, -0.1) is 0 Å². The molecular weight excluding hydrogens is 236 g/mol. The normalized spacial score (nSPS) is 19.3. The Bertz CT molecular complexity index is 486. The largest absolute Gasteiger partial charge is 0.480 e. The molecule has 18 heavy (non-hydrogen) atoms. The Labute approximate surface area is 103 Å². The van der Waals surface area contributed by atoms with Crippen LogP contribution in [0.5, 0.6) is 0 Å². The molecule has 2 unspecified atom stereocenters. The molecule has 2 rings (SSSR count). The van der Waals surface area contributed by atoms with Crippen LogP contribution in [-0.2, 0) is 14.4 Å². The zero-order valence-electron chi connectivity index (χ0n) is 9.42. The van der Waals surface area contributed by atoms with Crippen LogP contribution in [0.4, 0.5) is 0 Å². The molecule has 6 heteroatoms. The number of β-lactam (4-membered cyclic amide) rings is 1. The van der Waals surface area contributed by atoms with Crippen LogP contribution >= 0.6 is 0 Å². The van der Waals surface area contributed by atoms with Crippen molar-refractivity contribution in [3.05, 3.63) is 35.9 Å². The monoisotopic (exact) mass is 248 g/mol. The van der Waals surface area contributed by atoms with Gasteiger partial charge in [0, 0.05) is 6.54 Å². The van der Waals surface area contributed by atoms with Crippen LogP contribution in [0.3, 0.4) is 0 Å². The van der Waals surface area contributed by atoms with Gasteiger partial charge in [-0.1, -0.05) is 30.3 Å². The van der Waals surface area contributed by atoms with Gasteiger partial charge in [0.25, 0.3) is 0 Å². The second-order valence-corrected chi connectivity index (χ2v) is 3.99. The standard InChI is InChI=1S/C12H12N2O4/c15-10-8(6-13-10)14-11(16)9(12(17)18)7-4-2-1-3-5-7/h1-5,8-9H,6H2,(H,13,15)(H,14,16)(H,17,18). The molecule has 0 bridgehead atoms. The van der Waals surface area contributed by atoms with Crippen LogP contribution in [0.1, 0.15) is 11.5 Å². The van der Waals surface area contributed by atoms with Gasteiger partial charge in [-0.2, -0.15) is 0 Å². The molecule has 1 aromatic carbocycles. The van der Waals surface area contributed by atoms with E-state index in [1.54, 1.807) is 30.3 Å². The van der Waals surface area contributed by atoms with Crippen molar-refractivity contribution in [3.8, 4) is 0 Å². The maximum Gasteiger partial charge on any atom is 0.320 e. The lowest BCUT2D eigenvalue weighted by Gasteiger charge is -2.27. The molecule has 1 heterocycles. The van der Waals surface area contributed by atoms with Gasteiger partial charge in [0.05, 0.1) is 0 Å². The highest BCUT2D eigenvalue weighted by Gasteiger charge is 2.34. The fraction of sp³-hybridized carbons (Fsp3) is 0.250. The molecule has 0 spiro atoms. The van der Waals surface area contributed by atoms with Gasteiger partial charge in [0.15, 0.2) is 5.92 Å². The van der Waals surface area contributed by atoms with Crippen molar-refractivity contribution in [2.24, 2.45) is 0 Å². The van der Waals surface area contributed by atoms with Crippen molar-refractivity contribution in [2.45, 2.75) is 12.0 Å². The van der Waals surface area contributed by atoms with Crippen molar-refractivity contribution < 1.29 is 19.5 Å². The average molecular weight is 248 g/mol. The SMILES string of the molecule is O=C1NCC1NC(=O)C(C(=O)O)c1ccccc1. The summed E-state index contributed by atoms with van der Waals surface area (Å²) in [7, 11) is 0. The van der Waals surface area contributed by atoms with Gasteiger partial charge in [-0.25, -0.2) is 0 Å². The summed E-state index contributed by atoms with van der Waals surface area (Å²) >= 11 is 0. The first-order chi connectivity index (χ1) is 8.59. The summed E-state index contributed by atoms with van der Waals surface area (Å²) in [6.45, 7) is 0.339. The Morgan fingerprint density at radius 1 is 1.33 bits per heavy atom. The van der Waals surface area contributed by atoms with Gasteiger partial charge in [-0.05, 0) is 5.56 Å². The lowest BCUT2D eigenvalue weighted by Crippen LogP contribution is -2.62. The van der Waals surface area contributed by atoms with E-state index in [4.69, 9.17) is 5.11 Å². The summed E-state index contributed by atoms with van der Waals surface area (Å²) in [4.78, 5) is 34.0. The van der Waals surface area contributed by atoms with Crippen LogP contribution in [0, 0.1) is 0 Å². The number of rotatable bonds is 4. The molecule has 0 saturated carbocycles. The van der Waals surface area contributed by atoms with Crippen molar-refractivity contribution in [3.63, 3.8) is 0 Å². The first kappa shape index (κ1) is 12.1. The molecular formula is C12H12N2O4. The minimum atomic E-state index is -1.29. The highest BCUT2D eigenvalue weighted by atomic mass is 16.4. The predicted octanol–water partition coefficient (Wildman–Crippen LogP) is -0.531. The fourth-order valence-corrected chi connectivity index (χ4v) is 1.71. The molecule has 1 aliphatic rings. The van der Waals surface area contributed by atoms with Crippen molar-refractivity contribution in [2.75, 3.05) is 6.54 Å². The summed E-state index contributed by atoms with van der Waals surface area (Å²) < 4.78 is 0. The second kappa shape index (κ2) is 4.87. The van der Waals surface area contributed by atoms with Crippen molar-refractivity contribution in [1.29, 1.82) is 0 Å². The number of hydrogen-bond acceptors (Lipinski definition) is 3. The average Bonchev–Trinajstić information content (AvgIpc) is 2.35. The summed E-state index contributed by atoms with van der Waals surface area (Å²) in [5.41, 5.74) is 0.391. The number of hydrogen-bond donors (Lipinski definition) is 3. The Hall–Kier alpha value is -2.37. The molecule has 0 radical (unpaired) electrons. The molecule has 0 aliphatic carbocycles. The van der Waals surface area contributed by atoms with E-state index in [2.05, 4.69) is 10.6 Å². The van der Waals surface area contributed by atoms with E-state index in [-0.39, 0.29) is 5.91 Å². The Morgan fingerprint density at radius 2 is 2.00 bits per heavy atom. The summed E-state index contributed by atoms with van der Waals surface area (Å²) in [6, 6.07) is 7.57. The smallest absolute Gasteiger partial charge is 0.320 e. The van der Waals surface area contributed by atoms with E-state index in [9.17, 15) is 14.4 Å². The number of carboxylic acid groups (broad SMARTS) is 1. The van der Waals surface area contributed by atoms with E-state index in [0.29, 0.717) is 12.1 Å². The lowest BCUT2D eigenvalue weighted by molar-refractivity contribution is -0.145. The molecule has 6 nitrogen and oxygen atoms in total. The molecule has 1 aliphatic heterocycles. The number of amides is 2. The molecule has 1 saturated heterocycles. The van der Waals surface area contributed by atoms with Gasteiger partial charge < -0.3 is 15.7 Å². The van der Waals surface area contributed by atoms with E-state index >= 15 is 0 Å². The lowest BCUT2D eigenvalue weighted by atomic mass is 9.97. The van der Waals surface area contributed by atoms with Crippen LogP contribution in [-0.4, -0.2) is 35.5 Å². The maximum absolute atomic E-state index is 11.9. The second-order valence-electron chi connectivity index (χ2n) is 3.99. The van der Waals surface area contributed by atoms with E-state index < -0.39 is 23.8 Å². The highest BCUT2D eigenvalue weighted by Crippen LogP contribution is 2.16. The molecule has 3 N–H and O–H groups in total. The topological polar surface area (TPSA) is 95.5 Å². The molecule has 1 aromatic rings. The van der Waals surface area contributed by atoms with E-state index in [1.165, 1.54) is 0 Å². The summed E-state index contributed by atoms with van der Waals surface area (Å²) in [5, 5.41) is 14.0. The Balaban J connectivity index is 2.13. The quantitative estimate of drug-likeness (QED) is 0.493. The number of nitrogens with one attached hydrogen (secondary N) is 2. The predicted molar refractivity (Wildman–Crippen MR) is 61.8 cm³/mol. The van der Waals surface area contributed by atoms with Crippen molar-refractivity contribution >= 4 is 17.8 Å². The highest BCUT2D eigenvalue weighted by molar-refractivity contribution is 6.04. The third kappa shape index (κ3) is 2.32. The van der Waals surface area contributed by atoms with E-state index in [1.807, 2.05) is 0 Å². The summed E-state index contributed by atoms with van der Waals surface area (Å²) in [5.74, 6) is -3.49. The fourth-order valence-electron chi connectivity index (χ4n) is 1.71. The number of aliphatic carboxylic acids is 1. The van der Waals surface area contributed by atoms with Gasteiger partial charge >= 0.3 is 5.97 Å². The number of benzene rings is 1. The van der Waals surface area contributed by atoms with Gasteiger partial charge in [0.2, 0.25) is 11.8 Å². The minimum absolute atomic E-state index is 0.291. The summed E-state index contributed by atoms with van der Waals surface area (Å²) in [6.07, 6.45) is 0. The number of carboxylic acids is 1. The van der Waals surface area contributed by atoms with Crippen LogP contribution < -0.4 is 10.6 Å². The molecule has 94 valence electrons. The first-order valence-corrected chi connectivity index (χ1v) is 5.45. The third-order valence-corrected chi connectivity index (χ3v) is 2.76. The minimum Gasteiger partial charge on any atom is -0.480 e. The van der Waals surface area contributed by atoms with Crippen molar-refractivity contribution in [1.82, 2.24) is 10.6 Å². The molecule has 2 atom stereocenters. The van der Waals surface area contributed by atoms with Crippen LogP contribution in [0.25, 0.3) is 0 Å². The third-order valence-electron chi connectivity index (χ3n) is 2.76. The van der Waals surface area contributed by atoms with Crippen LogP contribution in [0.15, 0.2) is 30.3 Å². The first-order valence-electron chi connectivity index (χ1n) is 5.45.